The lowest BCUT2D eigenvalue weighted by molar-refractivity contribution is 0.356. The van der Waals surface area contributed by atoms with Crippen LogP contribution < -0.4 is 10.1 Å². The lowest BCUT2D eigenvalue weighted by Gasteiger charge is -2.24. The van der Waals surface area contributed by atoms with Gasteiger partial charge >= 0.3 is 0 Å². The standard InChI is InChI=1S/C13H17NO.ClH/c1-14-12-3-2-9-6-10-4-5-15-13(10)8-11(9)7-12;/h6,8,12,14H,2-5,7H2,1H3;1H. The van der Waals surface area contributed by atoms with Gasteiger partial charge in [0.2, 0.25) is 0 Å². The molecule has 0 aromatic heterocycles. The highest BCUT2D eigenvalue weighted by Gasteiger charge is 2.21. The summed E-state index contributed by atoms with van der Waals surface area (Å²) in [5, 5.41) is 3.37. The van der Waals surface area contributed by atoms with Gasteiger partial charge in [0.1, 0.15) is 5.75 Å². The Morgan fingerprint density at radius 2 is 2.06 bits per heavy atom. The van der Waals surface area contributed by atoms with Crippen molar-refractivity contribution in [1.82, 2.24) is 5.32 Å². The maximum atomic E-state index is 5.61. The summed E-state index contributed by atoms with van der Waals surface area (Å²) < 4.78 is 5.61. The molecule has 2 nitrogen and oxygen atoms in total. The highest BCUT2D eigenvalue weighted by molar-refractivity contribution is 5.85. The smallest absolute Gasteiger partial charge is 0.122 e. The first-order valence-electron chi connectivity index (χ1n) is 5.81. The second-order valence-electron chi connectivity index (χ2n) is 4.56. The topological polar surface area (TPSA) is 21.3 Å². The van der Waals surface area contributed by atoms with Crippen LogP contribution in [0.4, 0.5) is 0 Å². The zero-order valence-electron chi connectivity index (χ0n) is 9.58. The van der Waals surface area contributed by atoms with Gasteiger partial charge in [0, 0.05) is 12.5 Å². The third-order valence-corrected chi connectivity index (χ3v) is 3.65. The maximum Gasteiger partial charge on any atom is 0.122 e. The molecule has 1 aliphatic heterocycles. The molecule has 0 radical (unpaired) electrons. The molecule has 1 aliphatic carbocycles. The van der Waals surface area contributed by atoms with E-state index in [4.69, 9.17) is 4.74 Å². The summed E-state index contributed by atoms with van der Waals surface area (Å²) in [6, 6.07) is 5.28. The SMILES string of the molecule is CNC1CCc2cc3c(cc2C1)OCC3.Cl. The number of benzene rings is 1. The number of ether oxygens (including phenoxy) is 1. The molecule has 1 heterocycles. The highest BCUT2D eigenvalue weighted by Crippen LogP contribution is 2.32. The van der Waals surface area contributed by atoms with Crippen molar-refractivity contribution < 1.29 is 4.74 Å². The zero-order chi connectivity index (χ0) is 10.3. The van der Waals surface area contributed by atoms with Crippen LogP contribution in [0.5, 0.6) is 5.75 Å². The summed E-state index contributed by atoms with van der Waals surface area (Å²) in [4.78, 5) is 0. The van der Waals surface area contributed by atoms with E-state index < -0.39 is 0 Å². The van der Waals surface area contributed by atoms with Gasteiger partial charge < -0.3 is 10.1 Å². The van der Waals surface area contributed by atoms with E-state index in [1.165, 1.54) is 24.0 Å². The zero-order valence-corrected chi connectivity index (χ0v) is 10.4. The molecule has 0 saturated heterocycles. The number of nitrogens with one attached hydrogen (secondary N) is 1. The van der Waals surface area contributed by atoms with Crippen molar-refractivity contribution in [2.24, 2.45) is 0 Å². The Balaban J connectivity index is 0.000000963. The Kier molecular flexibility index (Phi) is 3.41. The molecule has 88 valence electrons. The van der Waals surface area contributed by atoms with Crippen molar-refractivity contribution in [3.05, 3.63) is 28.8 Å². The van der Waals surface area contributed by atoms with Crippen LogP contribution in [0.15, 0.2) is 12.1 Å². The van der Waals surface area contributed by atoms with Crippen LogP contribution in [-0.4, -0.2) is 19.7 Å². The molecule has 1 N–H and O–H groups in total. The number of likely N-dealkylation sites (N-methyl/N-ethyl adjacent to an activating group) is 1. The lowest BCUT2D eigenvalue weighted by Crippen LogP contribution is -2.31. The molecule has 0 spiro atoms. The summed E-state index contributed by atoms with van der Waals surface area (Å²) in [5.41, 5.74) is 4.45. The lowest BCUT2D eigenvalue weighted by atomic mass is 9.87. The van der Waals surface area contributed by atoms with Gasteiger partial charge in [0.25, 0.3) is 0 Å². The van der Waals surface area contributed by atoms with Crippen LogP contribution in [-0.2, 0) is 19.3 Å². The fourth-order valence-electron chi connectivity index (χ4n) is 2.68. The second kappa shape index (κ2) is 4.64. The average Bonchev–Trinajstić information content (AvgIpc) is 2.72. The normalized spacial score (nSPS) is 21.7. The minimum atomic E-state index is 0. The minimum Gasteiger partial charge on any atom is -0.493 e. The quantitative estimate of drug-likeness (QED) is 0.811. The molecular weight excluding hydrogens is 222 g/mol. The van der Waals surface area contributed by atoms with Gasteiger partial charge in [-0.05, 0) is 49.1 Å². The van der Waals surface area contributed by atoms with Crippen molar-refractivity contribution >= 4 is 12.4 Å². The van der Waals surface area contributed by atoms with E-state index >= 15 is 0 Å². The third-order valence-electron chi connectivity index (χ3n) is 3.65. The van der Waals surface area contributed by atoms with E-state index in [1.807, 2.05) is 0 Å². The molecule has 16 heavy (non-hydrogen) atoms. The monoisotopic (exact) mass is 239 g/mol. The van der Waals surface area contributed by atoms with E-state index in [0.717, 1.165) is 25.2 Å². The summed E-state index contributed by atoms with van der Waals surface area (Å²) in [5.74, 6) is 1.13. The molecule has 0 saturated carbocycles. The molecule has 1 aromatic rings. The molecule has 0 amide bonds. The molecule has 3 rings (SSSR count). The fraction of sp³-hybridized carbons (Fsp3) is 0.538. The van der Waals surface area contributed by atoms with Crippen LogP contribution >= 0.6 is 12.4 Å². The number of hydrogen-bond acceptors (Lipinski definition) is 2. The van der Waals surface area contributed by atoms with Crippen molar-refractivity contribution in [3.8, 4) is 5.75 Å². The number of fused-ring (bicyclic) bond motifs is 2. The van der Waals surface area contributed by atoms with E-state index in [2.05, 4.69) is 24.5 Å². The first-order valence-corrected chi connectivity index (χ1v) is 5.81. The molecule has 0 bridgehead atoms. The molecule has 1 unspecified atom stereocenters. The van der Waals surface area contributed by atoms with E-state index in [9.17, 15) is 0 Å². The van der Waals surface area contributed by atoms with Gasteiger partial charge in [-0.3, -0.25) is 0 Å². The summed E-state index contributed by atoms with van der Waals surface area (Å²) >= 11 is 0. The van der Waals surface area contributed by atoms with E-state index in [1.54, 1.807) is 5.56 Å². The Bertz CT molecular complexity index is 392. The van der Waals surface area contributed by atoms with Crippen molar-refractivity contribution in [2.45, 2.75) is 31.7 Å². The predicted octanol–water partition coefficient (Wildman–Crippen LogP) is 2.12. The number of rotatable bonds is 1. The first kappa shape index (κ1) is 11.7. The summed E-state index contributed by atoms with van der Waals surface area (Å²) in [6.07, 6.45) is 4.73. The van der Waals surface area contributed by atoms with Crippen LogP contribution in [0.25, 0.3) is 0 Å². The molecule has 0 fully saturated rings. The number of hydrogen-bond donors (Lipinski definition) is 1. The average molecular weight is 240 g/mol. The maximum absolute atomic E-state index is 5.61. The van der Waals surface area contributed by atoms with Crippen LogP contribution in [0.2, 0.25) is 0 Å². The second-order valence-corrected chi connectivity index (χ2v) is 4.56. The Morgan fingerprint density at radius 3 is 2.88 bits per heavy atom. The summed E-state index contributed by atoms with van der Waals surface area (Å²) in [7, 11) is 2.06. The first-order chi connectivity index (χ1) is 7.36. The van der Waals surface area contributed by atoms with Crippen molar-refractivity contribution in [3.63, 3.8) is 0 Å². The van der Waals surface area contributed by atoms with Gasteiger partial charge in [-0.2, -0.15) is 0 Å². The van der Waals surface area contributed by atoms with Gasteiger partial charge in [-0.25, -0.2) is 0 Å². The van der Waals surface area contributed by atoms with Crippen LogP contribution in [0, 0.1) is 0 Å². The Hall–Kier alpha value is -0.730. The number of aryl methyl sites for hydroxylation is 1. The molecule has 2 aliphatic rings. The van der Waals surface area contributed by atoms with Crippen LogP contribution in [0.1, 0.15) is 23.1 Å². The van der Waals surface area contributed by atoms with Crippen molar-refractivity contribution in [1.29, 1.82) is 0 Å². The number of halogens is 1. The van der Waals surface area contributed by atoms with Crippen LogP contribution in [0.3, 0.4) is 0 Å². The molecule has 3 heteroatoms. The fourth-order valence-corrected chi connectivity index (χ4v) is 2.68. The van der Waals surface area contributed by atoms with E-state index in [0.29, 0.717) is 6.04 Å². The van der Waals surface area contributed by atoms with Crippen molar-refractivity contribution in [2.75, 3.05) is 13.7 Å². The molecular formula is C13H18ClNO. The van der Waals surface area contributed by atoms with E-state index in [-0.39, 0.29) is 12.4 Å². The largest absolute Gasteiger partial charge is 0.493 e. The van der Waals surface area contributed by atoms with Gasteiger partial charge in [-0.15, -0.1) is 12.4 Å². The Morgan fingerprint density at radius 1 is 1.19 bits per heavy atom. The van der Waals surface area contributed by atoms with Gasteiger partial charge in [0.05, 0.1) is 6.61 Å². The third kappa shape index (κ3) is 1.92. The predicted molar refractivity (Wildman–Crippen MR) is 67.8 cm³/mol. The minimum absolute atomic E-state index is 0. The highest BCUT2D eigenvalue weighted by atomic mass is 35.5. The summed E-state index contributed by atoms with van der Waals surface area (Å²) in [6.45, 7) is 0.869. The Labute approximate surface area is 103 Å². The molecule has 1 atom stereocenters. The van der Waals surface area contributed by atoms with Gasteiger partial charge in [0.15, 0.2) is 0 Å². The van der Waals surface area contributed by atoms with Gasteiger partial charge in [-0.1, -0.05) is 6.07 Å². The molecule has 1 aromatic carbocycles.